The van der Waals surface area contributed by atoms with Gasteiger partial charge in [0.1, 0.15) is 0 Å². The molecule has 0 N–H and O–H groups in total. The number of hydrogen-bond donors (Lipinski definition) is 0. The zero-order valence-electron chi connectivity index (χ0n) is 9.91. The van der Waals surface area contributed by atoms with Crippen LogP contribution in [0.4, 0.5) is 8.78 Å². The molecule has 0 fully saturated rings. The molecule has 0 atom stereocenters. The van der Waals surface area contributed by atoms with E-state index in [9.17, 15) is 18.7 Å². The standard InChI is InChI=1S/C10H12F2N2O2.Na/c1-3-14-5-7(6(2)13-14)8(15)4-9(16)10(11)12;/h4-5,10,16H,3H2,1-2H3;/q;+1/p-1/b9-4-;. The van der Waals surface area contributed by atoms with Gasteiger partial charge in [-0.15, -0.1) is 0 Å². The van der Waals surface area contributed by atoms with E-state index in [1.807, 2.05) is 6.92 Å². The number of carbonyl (C=O) groups excluding carboxylic acids is 1. The Morgan fingerprint density at radius 1 is 1.65 bits per heavy atom. The van der Waals surface area contributed by atoms with Crippen molar-refractivity contribution in [1.29, 1.82) is 0 Å². The predicted molar refractivity (Wildman–Crippen MR) is 51.1 cm³/mol. The van der Waals surface area contributed by atoms with Crippen LogP contribution in [0.1, 0.15) is 23.0 Å². The molecule has 0 amide bonds. The summed E-state index contributed by atoms with van der Waals surface area (Å²) in [5.41, 5.74) is 0.598. The van der Waals surface area contributed by atoms with E-state index in [2.05, 4.69) is 5.10 Å². The number of aryl methyl sites for hydroxylation is 2. The van der Waals surface area contributed by atoms with E-state index in [-0.39, 0.29) is 35.1 Å². The molecule has 1 rings (SSSR count). The third-order valence-corrected chi connectivity index (χ3v) is 2.02. The van der Waals surface area contributed by atoms with Crippen molar-refractivity contribution in [2.75, 3.05) is 0 Å². The Labute approximate surface area is 120 Å². The first-order valence-corrected chi connectivity index (χ1v) is 4.70. The molecule has 0 radical (unpaired) electrons. The summed E-state index contributed by atoms with van der Waals surface area (Å²) in [4.78, 5) is 11.4. The van der Waals surface area contributed by atoms with Gasteiger partial charge in [-0.2, -0.15) is 5.10 Å². The Bertz CT molecular complexity index is 430. The smallest absolute Gasteiger partial charge is 0.872 e. The van der Waals surface area contributed by atoms with Gasteiger partial charge in [0, 0.05) is 12.7 Å². The third-order valence-electron chi connectivity index (χ3n) is 2.02. The second kappa shape index (κ2) is 6.88. The number of alkyl halides is 2. The zero-order valence-corrected chi connectivity index (χ0v) is 11.9. The van der Waals surface area contributed by atoms with Crippen LogP contribution < -0.4 is 34.7 Å². The van der Waals surface area contributed by atoms with Crippen LogP contribution in [-0.4, -0.2) is 22.0 Å². The molecule has 4 nitrogen and oxygen atoms in total. The minimum atomic E-state index is -3.15. The fourth-order valence-electron chi connectivity index (χ4n) is 1.19. The Morgan fingerprint density at radius 2 is 2.24 bits per heavy atom. The molecule has 0 aliphatic rings. The molecule has 1 heterocycles. The van der Waals surface area contributed by atoms with Crippen molar-refractivity contribution in [2.24, 2.45) is 0 Å². The van der Waals surface area contributed by atoms with Crippen molar-refractivity contribution in [3.05, 3.63) is 29.3 Å². The van der Waals surface area contributed by atoms with Gasteiger partial charge < -0.3 is 5.11 Å². The number of allylic oxidation sites excluding steroid dienone is 2. The van der Waals surface area contributed by atoms with Crippen LogP contribution in [0.5, 0.6) is 0 Å². The molecular formula is C10H11F2N2NaO2. The Kier molecular flexibility index (Phi) is 6.59. The minimum Gasteiger partial charge on any atom is -0.872 e. The third kappa shape index (κ3) is 4.22. The summed E-state index contributed by atoms with van der Waals surface area (Å²) in [7, 11) is 0. The van der Waals surface area contributed by atoms with Crippen LogP contribution in [0, 0.1) is 6.92 Å². The molecule has 0 unspecified atom stereocenters. The van der Waals surface area contributed by atoms with Gasteiger partial charge in [0.25, 0.3) is 0 Å². The summed E-state index contributed by atoms with van der Waals surface area (Å²) in [6.07, 6.45) is -1.30. The minimum absolute atomic E-state index is 0. The molecule has 0 aliphatic heterocycles. The average Bonchev–Trinajstić information content (AvgIpc) is 2.59. The molecule has 0 saturated heterocycles. The largest absolute Gasteiger partial charge is 1.00 e. The van der Waals surface area contributed by atoms with Gasteiger partial charge in [-0.05, 0) is 19.9 Å². The van der Waals surface area contributed by atoms with Crippen LogP contribution in [0.25, 0.3) is 0 Å². The molecule has 0 aromatic carbocycles. The number of hydrogen-bond acceptors (Lipinski definition) is 3. The van der Waals surface area contributed by atoms with E-state index in [0.29, 0.717) is 18.3 Å². The summed E-state index contributed by atoms with van der Waals surface area (Å²) in [6, 6.07) is 0. The number of nitrogens with zero attached hydrogens (tertiary/aromatic N) is 2. The maximum absolute atomic E-state index is 11.9. The SMILES string of the molecule is CCn1cc(C(=O)/C=C(\[O-])C(F)F)c(C)n1.[Na+]. The van der Waals surface area contributed by atoms with Crippen LogP contribution >= 0.6 is 0 Å². The van der Waals surface area contributed by atoms with Crippen molar-refractivity contribution >= 4 is 5.78 Å². The molecule has 1 aromatic rings. The molecule has 7 heteroatoms. The fraction of sp³-hybridized carbons (Fsp3) is 0.400. The van der Waals surface area contributed by atoms with Crippen molar-refractivity contribution in [2.45, 2.75) is 26.8 Å². The number of carbonyl (C=O) groups is 1. The van der Waals surface area contributed by atoms with Crippen LogP contribution in [-0.2, 0) is 6.54 Å². The number of rotatable bonds is 4. The molecule has 0 bridgehead atoms. The van der Waals surface area contributed by atoms with Crippen molar-refractivity contribution in [1.82, 2.24) is 9.78 Å². The molecule has 0 spiro atoms. The van der Waals surface area contributed by atoms with E-state index in [1.165, 1.54) is 10.9 Å². The zero-order chi connectivity index (χ0) is 12.3. The second-order valence-electron chi connectivity index (χ2n) is 3.20. The van der Waals surface area contributed by atoms with E-state index >= 15 is 0 Å². The molecular weight excluding hydrogens is 241 g/mol. The first kappa shape index (κ1) is 16.3. The molecule has 88 valence electrons. The van der Waals surface area contributed by atoms with Gasteiger partial charge in [0.15, 0.2) is 5.78 Å². The Balaban J connectivity index is 0.00000256. The summed E-state index contributed by atoms with van der Waals surface area (Å²) >= 11 is 0. The number of halogens is 2. The maximum Gasteiger partial charge on any atom is 1.00 e. The second-order valence-corrected chi connectivity index (χ2v) is 3.20. The van der Waals surface area contributed by atoms with Crippen LogP contribution in [0.3, 0.4) is 0 Å². The normalized spacial score (nSPS) is 11.5. The predicted octanol–water partition coefficient (Wildman–Crippen LogP) is -2.09. The summed E-state index contributed by atoms with van der Waals surface area (Å²) in [5.74, 6) is -2.21. The Hall–Kier alpha value is -0.720. The van der Waals surface area contributed by atoms with Crippen molar-refractivity contribution < 1.29 is 48.2 Å². The quantitative estimate of drug-likeness (QED) is 0.267. The van der Waals surface area contributed by atoms with Gasteiger partial charge in [0.2, 0.25) is 6.43 Å². The monoisotopic (exact) mass is 252 g/mol. The summed E-state index contributed by atoms with van der Waals surface area (Å²) in [6.45, 7) is 3.98. The number of ketones is 1. The van der Waals surface area contributed by atoms with Gasteiger partial charge in [0.05, 0.1) is 11.3 Å². The summed E-state index contributed by atoms with van der Waals surface area (Å²) < 4.78 is 25.3. The van der Waals surface area contributed by atoms with E-state index < -0.39 is 18.0 Å². The van der Waals surface area contributed by atoms with Crippen molar-refractivity contribution in [3.63, 3.8) is 0 Å². The number of aromatic nitrogens is 2. The summed E-state index contributed by atoms with van der Waals surface area (Å²) in [5, 5.41) is 14.6. The molecule has 0 saturated carbocycles. The van der Waals surface area contributed by atoms with Gasteiger partial charge in [-0.25, -0.2) is 8.78 Å². The fourth-order valence-corrected chi connectivity index (χ4v) is 1.19. The first-order chi connectivity index (χ1) is 7.45. The maximum atomic E-state index is 11.9. The van der Waals surface area contributed by atoms with Crippen LogP contribution in [0.2, 0.25) is 0 Å². The molecule has 0 aliphatic carbocycles. The topological polar surface area (TPSA) is 58.0 Å². The Morgan fingerprint density at radius 3 is 2.65 bits per heavy atom. The van der Waals surface area contributed by atoms with Crippen LogP contribution in [0.15, 0.2) is 18.0 Å². The first-order valence-electron chi connectivity index (χ1n) is 4.70. The van der Waals surface area contributed by atoms with Gasteiger partial charge in [-0.3, -0.25) is 9.48 Å². The van der Waals surface area contributed by atoms with E-state index in [0.717, 1.165) is 0 Å². The molecule has 1 aromatic heterocycles. The van der Waals surface area contributed by atoms with E-state index in [4.69, 9.17) is 0 Å². The van der Waals surface area contributed by atoms with Gasteiger partial charge in [-0.1, -0.05) is 5.76 Å². The van der Waals surface area contributed by atoms with Crippen molar-refractivity contribution in [3.8, 4) is 0 Å². The average molecular weight is 252 g/mol. The molecule has 17 heavy (non-hydrogen) atoms. The van der Waals surface area contributed by atoms with Gasteiger partial charge >= 0.3 is 29.6 Å². The van der Waals surface area contributed by atoms with E-state index in [1.54, 1.807) is 6.92 Å².